The van der Waals surface area contributed by atoms with Crippen LogP contribution in [0.4, 0.5) is 13.2 Å². The Morgan fingerprint density at radius 3 is 1.60 bits per heavy atom. The quantitative estimate of drug-likeness (QED) is 0.304. The van der Waals surface area contributed by atoms with E-state index in [0.29, 0.717) is 6.61 Å². The van der Waals surface area contributed by atoms with E-state index < -0.39 is 22.2 Å². The summed E-state index contributed by atoms with van der Waals surface area (Å²) in [6, 6.07) is 0. The second-order valence-electron chi connectivity index (χ2n) is 3.28. The van der Waals surface area contributed by atoms with Gasteiger partial charge in [-0.2, -0.15) is 21.6 Å². The summed E-state index contributed by atoms with van der Waals surface area (Å²) in [6.07, 6.45) is 0. The number of aliphatic hydroxyl groups is 1. The molecule has 0 saturated heterocycles. The van der Waals surface area contributed by atoms with Gasteiger partial charge in [-0.05, 0) is 0 Å². The minimum Gasteiger partial charge on any atom is -0.394 e. The summed E-state index contributed by atoms with van der Waals surface area (Å²) in [5.74, 6) is 0. The predicted molar refractivity (Wildman–Crippen MR) is 60.5 cm³/mol. The third-order valence-electron chi connectivity index (χ3n) is 1.73. The van der Waals surface area contributed by atoms with Crippen molar-refractivity contribution in [2.45, 2.75) is 5.51 Å². The highest BCUT2D eigenvalue weighted by atomic mass is 32.2. The van der Waals surface area contributed by atoms with Gasteiger partial charge in [-0.3, -0.25) is 4.18 Å². The van der Waals surface area contributed by atoms with Gasteiger partial charge in [0.25, 0.3) is 0 Å². The van der Waals surface area contributed by atoms with E-state index in [1.807, 2.05) is 0 Å². The predicted octanol–water partition coefficient (Wildman–Crippen LogP) is -0.105. The lowest BCUT2D eigenvalue weighted by atomic mass is 10.7. The lowest BCUT2D eigenvalue weighted by molar-refractivity contribution is -0.0560. The molecule has 0 heterocycles. The monoisotopic (exact) mass is 326 g/mol. The third kappa shape index (κ3) is 9.44. The minimum atomic E-state index is -5.56. The molecule has 0 aliphatic rings. The summed E-state index contributed by atoms with van der Waals surface area (Å²) in [5, 5.41) is 8.39. The van der Waals surface area contributed by atoms with E-state index in [1.54, 1.807) is 0 Å². The normalized spacial score (nSPS) is 12.8. The maximum Gasteiger partial charge on any atom is 0.523 e. The highest BCUT2D eigenvalue weighted by Crippen LogP contribution is 2.24. The third-order valence-corrected chi connectivity index (χ3v) is 2.77. The fourth-order valence-corrected chi connectivity index (χ4v) is 1.30. The van der Waals surface area contributed by atoms with Crippen LogP contribution in [0.2, 0.25) is 0 Å². The molecular weight excluding hydrogens is 309 g/mol. The molecule has 122 valence electrons. The topological polar surface area (TPSA) is 91.3 Å². The Hall–Kier alpha value is -0.460. The number of halogens is 3. The molecule has 0 unspecified atom stereocenters. The first-order valence-corrected chi connectivity index (χ1v) is 7.02. The van der Waals surface area contributed by atoms with Crippen molar-refractivity contribution in [3.63, 3.8) is 0 Å². The van der Waals surface area contributed by atoms with Gasteiger partial charge in [-0.15, -0.1) is 0 Å². The molecule has 20 heavy (non-hydrogen) atoms. The average molecular weight is 326 g/mol. The molecule has 0 saturated carbocycles. The Kier molecular flexibility index (Phi) is 10.1. The van der Waals surface area contributed by atoms with Gasteiger partial charge < -0.3 is 19.3 Å². The van der Waals surface area contributed by atoms with Crippen LogP contribution in [0.25, 0.3) is 0 Å². The van der Waals surface area contributed by atoms with E-state index >= 15 is 0 Å². The fraction of sp³-hybridized carbons (Fsp3) is 1.00. The van der Waals surface area contributed by atoms with E-state index in [9.17, 15) is 21.6 Å². The number of hydrogen-bond acceptors (Lipinski definition) is 7. The summed E-state index contributed by atoms with van der Waals surface area (Å²) < 4.78 is 74.8. The molecule has 0 amide bonds. The van der Waals surface area contributed by atoms with Crippen molar-refractivity contribution in [3.05, 3.63) is 0 Å². The van der Waals surface area contributed by atoms with Crippen molar-refractivity contribution in [3.8, 4) is 0 Å². The van der Waals surface area contributed by atoms with Crippen molar-refractivity contribution >= 4 is 10.1 Å². The summed E-state index contributed by atoms with van der Waals surface area (Å²) in [4.78, 5) is 0. The van der Waals surface area contributed by atoms with Crippen LogP contribution in [0.1, 0.15) is 0 Å². The summed E-state index contributed by atoms with van der Waals surface area (Å²) in [6.45, 7) is -0.0598. The molecule has 0 aliphatic carbocycles. The largest absolute Gasteiger partial charge is 0.523 e. The number of alkyl halides is 3. The van der Waals surface area contributed by atoms with E-state index in [0.717, 1.165) is 0 Å². The van der Waals surface area contributed by atoms with Crippen molar-refractivity contribution in [1.82, 2.24) is 0 Å². The zero-order valence-corrected chi connectivity index (χ0v) is 11.4. The maximum absolute atomic E-state index is 11.8. The van der Waals surface area contributed by atoms with E-state index in [2.05, 4.69) is 4.18 Å². The second-order valence-corrected chi connectivity index (χ2v) is 4.89. The van der Waals surface area contributed by atoms with E-state index in [4.69, 9.17) is 19.3 Å². The molecule has 1 N–H and O–H groups in total. The van der Waals surface area contributed by atoms with E-state index in [1.165, 1.54) is 0 Å². The van der Waals surface area contributed by atoms with Crippen molar-refractivity contribution in [2.24, 2.45) is 0 Å². The maximum atomic E-state index is 11.8. The molecule has 11 heteroatoms. The van der Waals surface area contributed by atoms with Crippen molar-refractivity contribution in [1.29, 1.82) is 0 Å². The van der Waals surface area contributed by atoms with Gasteiger partial charge in [-0.1, -0.05) is 0 Å². The second kappa shape index (κ2) is 10.3. The Labute approximate surface area is 114 Å². The van der Waals surface area contributed by atoms with Gasteiger partial charge in [0.1, 0.15) is 0 Å². The highest BCUT2D eigenvalue weighted by Gasteiger charge is 2.47. The van der Waals surface area contributed by atoms with Crippen LogP contribution in [0.3, 0.4) is 0 Å². The van der Waals surface area contributed by atoms with Gasteiger partial charge in [0, 0.05) is 0 Å². The Bertz CT molecular complexity index is 331. The molecule has 0 spiro atoms. The molecule has 0 fully saturated rings. The smallest absolute Gasteiger partial charge is 0.394 e. The van der Waals surface area contributed by atoms with Crippen LogP contribution in [0.15, 0.2) is 0 Å². The number of rotatable bonds is 12. The summed E-state index contributed by atoms with van der Waals surface area (Å²) in [7, 11) is -5.56. The molecule has 0 rings (SSSR count). The summed E-state index contributed by atoms with van der Waals surface area (Å²) >= 11 is 0. The first kappa shape index (κ1) is 19.5. The molecule has 0 aliphatic heterocycles. The Morgan fingerprint density at radius 2 is 1.20 bits per heavy atom. The van der Waals surface area contributed by atoms with Gasteiger partial charge in [0.05, 0.1) is 52.9 Å². The van der Waals surface area contributed by atoms with Crippen LogP contribution in [-0.2, 0) is 28.5 Å². The van der Waals surface area contributed by atoms with Crippen LogP contribution in [0.5, 0.6) is 0 Å². The zero-order chi connectivity index (χ0) is 15.5. The standard InChI is InChI=1S/C9H17F3O7S/c10-9(11,12)20(14,15)19-8-7-18-6-5-17-4-3-16-2-1-13/h13H,1-8H2. The van der Waals surface area contributed by atoms with Crippen LogP contribution in [-0.4, -0.2) is 71.9 Å². The van der Waals surface area contributed by atoms with Gasteiger partial charge in [-0.25, -0.2) is 0 Å². The molecule has 0 aromatic rings. The summed E-state index contributed by atoms with van der Waals surface area (Å²) in [5.41, 5.74) is -5.43. The van der Waals surface area contributed by atoms with Gasteiger partial charge >= 0.3 is 15.6 Å². The van der Waals surface area contributed by atoms with E-state index in [-0.39, 0.29) is 39.6 Å². The lowest BCUT2D eigenvalue weighted by Crippen LogP contribution is -2.27. The molecule has 0 radical (unpaired) electrons. The van der Waals surface area contributed by atoms with Gasteiger partial charge in [0.2, 0.25) is 0 Å². The molecule has 0 atom stereocenters. The number of ether oxygens (including phenoxy) is 3. The Balaban J connectivity index is 3.38. The SMILES string of the molecule is O=S(=O)(OCCOCCOCCOCCO)C(F)(F)F. The molecule has 0 aromatic carbocycles. The van der Waals surface area contributed by atoms with Gasteiger partial charge in [0.15, 0.2) is 0 Å². The molecule has 7 nitrogen and oxygen atoms in total. The van der Waals surface area contributed by atoms with Crippen LogP contribution >= 0.6 is 0 Å². The Morgan fingerprint density at radius 1 is 0.800 bits per heavy atom. The molecule has 0 aromatic heterocycles. The van der Waals surface area contributed by atoms with Crippen LogP contribution < -0.4 is 0 Å². The first-order valence-electron chi connectivity index (χ1n) is 5.61. The molecule has 0 bridgehead atoms. The first-order chi connectivity index (χ1) is 9.31. The zero-order valence-electron chi connectivity index (χ0n) is 10.6. The lowest BCUT2D eigenvalue weighted by Gasteiger charge is -2.09. The number of hydrogen-bond donors (Lipinski definition) is 1. The fourth-order valence-electron chi connectivity index (χ4n) is 0.876. The highest BCUT2D eigenvalue weighted by molar-refractivity contribution is 7.87. The van der Waals surface area contributed by atoms with Crippen LogP contribution in [0, 0.1) is 0 Å². The van der Waals surface area contributed by atoms with Crippen molar-refractivity contribution in [2.75, 3.05) is 52.9 Å². The minimum absolute atomic E-state index is 0.0788. The average Bonchev–Trinajstić information content (AvgIpc) is 2.34. The van der Waals surface area contributed by atoms with Crippen molar-refractivity contribution < 1.29 is 45.1 Å². The molecular formula is C9H17F3O7S. The number of aliphatic hydroxyl groups excluding tert-OH is 1.